The summed E-state index contributed by atoms with van der Waals surface area (Å²) in [5.74, 6) is -1.08. The number of urea groups is 1. The lowest BCUT2D eigenvalue weighted by Crippen LogP contribution is -2.58. The topological polar surface area (TPSA) is 150 Å². The zero-order chi connectivity index (χ0) is 32.6. The lowest BCUT2D eigenvalue weighted by Gasteiger charge is -2.35. The van der Waals surface area contributed by atoms with E-state index in [0.717, 1.165) is 22.0 Å². The van der Waals surface area contributed by atoms with Gasteiger partial charge in [-0.2, -0.15) is 0 Å². The normalized spacial score (nSPS) is 15.0. The van der Waals surface area contributed by atoms with Gasteiger partial charge in [0, 0.05) is 55.3 Å². The number of H-pyrrole nitrogens is 1. The van der Waals surface area contributed by atoms with Gasteiger partial charge in [0.05, 0.1) is 0 Å². The molecule has 1 aliphatic rings. The number of carbonyl (C=O) groups is 4. The molecular formula is C34H46N6O5. The fraction of sp³-hybridized carbons (Fsp3) is 0.471. The summed E-state index contributed by atoms with van der Waals surface area (Å²) in [5, 5.41) is 6.72. The smallest absolute Gasteiger partial charge is 0.329 e. The van der Waals surface area contributed by atoms with E-state index >= 15 is 0 Å². The van der Waals surface area contributed by atoms with E-state index in [1.165, 1.54) is 0 Å². The molecule has 2 heterocycles. The van der Waals surface area contributed by atoms with Gasteiger partial charge in [0.1, 0.15) is 17.7 Å². The van der Waals surface area contributed by atoms with Crippen molar-refractivity contribution in [3.05, 3.63) is 71.4 Å². The number of aromatic amines is 1. The number of fused-ring (bicyclic) bond motifs is 1. The number of hydrogen-bond donors (Lipinski definition) is 4. The number of benzene rings is 2. The van der Waals surface area contributed by atoms with Crippen LogP contribution in [0.3, 0.4) is 0 Å². The Bertz CT molecular complexity index is 1470. The van der Waals surface area contributed by atoms with E-state index in [-0.39, 0.29) is 12.3 Å². The van der Waals surface area contributed by atoms with Crippen LogP contribution in [0.1, 0.15) is 61.5 Å². The Hall–Kier alpha value is -4.38. The van der Waals surface area contributed by atoms with E-state index in [1.54, 1.807) is 30.6 Å². The fourth-order valence-corrected chi connectivity index (χ4v) is 5.35. The van der Waals surface area contributed by atoms with Crippen molar-refractivity contribution in [1.82, 2.24) is 25.4 Å². The standard InChI is InChI=1S/C34H46N6O5/c1-23-12-14-24(15-13-23)31(42)39-17-19-40(20-18-39)33(44)38-29(21-25-22-36-27-10-6-5-9-26(25)27)30(41)37-28(11-7-8-16-35)32(43)45-34(2,3)4/h5-6,9-10,12-15,22,28-29,36H,7-8,11,16-21,35H2,1-4H3,(H,37,41)(H,38,44)/t28-,29+/m0/s1. The van der Waals surface area contributed by atoms with Crippen LogP contribution in [0.2, 0.25) is 0 Å². The molecule has 0 radical (unpaired) electrons. The van der Waals surface area contributed by atoms with Crippen LogP contribution in [0.4, 0.5) is 4.79 Å². The maximum Gasteiger partial charge on any atom is 0.329 e. The third-order valence-electron chi connectivity index (χ3n) is 7.82. The van der Waals surface area contributed by atoms with E-state index in [2.05, 4.69) is 15.6 Å². The average molecular weight is 619 g/mol. The van der Waals surface area contributed by atoms with Gasteiger partial charge >= 0.3 is 12.0 Å². The highest BCUT2D eigenvalue weighted by Gasteiger charge is 2.32. The summed E-state index contributed by atoms with van der Waals surface area (Å²) in [4.78, 5) is 60.0. The van der Waals surface area contributed by atoms with Crippen LogP contribution >= 0.6 is 0 Å². The number of esters is 1. The van der Waals surface area contributed by atoms with Gasteiger partial charge in [0.25, 0.3) is 5.91 Å². The van der Waals surface area contributed by atoms with Crippen molar-refractivity contribution in [3.63, 3.8) is 0 Å². The summed E-state index contributed by atoms with van der Waals surface area (Å²) in [6.07, 6.45) is 3.73. The molecule has 0 aliphatic carbocycles. The molecule has 11 nitrogen and oxygen atoms in total. The number of rotatable bonds is 11. The number of aromatic nitrogens is 1. The lowest BCUT2D eigenvalue weighted by atomic mass is 10.0. The number of unbranched alkanes of at least 4 members (excludes halogenated alkanes) is 1. The van der Waals surface area contributed by atoms with Crippen LogP contribution < -0.4 is 16.4 Å². The predicted molar refractivity (Wildman–Crippen MR) is 174 cm³/mol. The minimum atomic E-state index is -0.969. The molecule has 4 rings (SSSR count). The first-order valence-corrected chi connectivity index (χ1v) is 15.6. The van der Waals surface area contributed by atoms with Crippen LogP contribution in [0.15, 0.2) is 54.7 Å². The second-order valence-corrected chi connectivity index (χ2v) is 12.6. The summed E-state index contributed by atoms with van der Waals surface area (Å²) < 4.78 is 5.60. The molecule has 3 aromatic rings. The molecule has 1 saturated heterocycles. The third-order valence-corrected chi connectivity index (χ3v) is 7.82. The van der Waals surface area contributed by atoms with Crippen molar-refractivity contribution in [2.75, 3.05) is 32.7 Å². The summed E-state index contributed by atoms with van der Waals surface area (Å²) in [6.45, 7) is 9.17. The number of ether oxygens (including phenoxy) is 1. The summed E-state index contributed by atoms with van der Waals surface area (Å²) in [6, 6.07) is 12.9. The Balaban J connectivity index is 1.47. The molecule has 242 valence electrons. The van der Waals surface area contributed by atoms with E-state index in [9.17, 15) is 19.2 Å². The number of amides is 4. The SMILES string of the molecule is Cc1ccc(C(=O)N2CCN(C(=O)N[C@H](Cc3c[nH]c4ccccc34)C(=O)N[C@@H](CCCCN)C(=O)OC(C)(C)C)CC2)cc1. The molecule has 5 N–H and O–H groups in total. The fourth-order valence-electron chi connectivity index (χ4n) is 5.35. The molecule has 1 aliphatic heterocycles. The van der Waals surface area contributed by atoms with E-state index in [0.29, 0.717) is 57.5 Å². The minimum Gasteiger partial charge on any atom is -0.458 e. The molecule has 0 spiro atoms. The molecule has 11 heteroatoms. The van der Waals surface area contributed by atoms with Gasteiger partial charge in [-0.05, 0) is 77.3 Å². The summed E-state index contributed by atoms with van der Waals surface area (Å²) in [7, 11) is 0. The zero-order valence-corrected chi connectivity index (χ0v) is 26.7. The molecular weight excluding hydrogens is 572 g/mol. The maximum atomic E-state index is 13.8. The minimum absolute atomic E-state index is 0.0746. The lowest BCUT2D eigenvalue weighted by molar-refractivity contribution is -0.159. The van der Waals surface area contributed by atoms with Crippen LogP contribution in [0.25, 0.3) is 10.9 Å². The third kappa shape index (κ3) is 9.31. The molecule has 0 bridgehead atoms. The number of piperazine rings is 1. The molecule has 0 saturated carbocycles. The van der Waals surface area contributed by atoms with Crippen LogP contribution in [0, 0.1) is 6.92 Å². The Morgan fingerprint density at radius 1 is 0.911 bits per heavy atom. The largest absolute Gasteiger partial charge is 0.458 e. The second kappa shape index (κ2) is 15.1. The second-order valence-electron chi connectivity index (χ2n) is 12.6. The number of para-hydroxylation sites is 1. The highest BCUT2D eigenvalue weighted by atomic mass is 16.6. The first-order valence-electron chi connectivity index (χ1n) is 15.6. The number of nitrogens with zero attached hydrogens (tertiary/aromatic N) is 2. The van der Waals surface area contributed by atoms with Crippen LogP contribution in [0.5, 0.6) is 0 Å². The highest BCUT2D eigenvalue weighted by molar-refractivity contribution is 5.95. The van der Waals surface area contributed by atoms with Crippen molar-refractivity contribution in [1.29, 1.82) is 0 Å². The monoisotopic (exact) mass is 618 g/mol. The number of aryl methyl sites for hydroxylation is 1. The Morgan fingerprint density at radius 3 is 2.24 bits per heavy atom. The van der Waals surface area contributed by atoms with Crippen LogP contribution in [-0.2, 0) is 20.7 Å². The van der Waals surface area contributed by atoms with Crippen molar-refractivity contribution in [3.8, 4) is 0 Å². The quantitative estimate of drug-likeness (QED) is 0.191. The Labute approximate surface area is 264 Å². The van der Waals surface area contributed by atoms with Crippen LogP contribution in [-0.4, -0.2) is 89.0 Å². The maximum absolute atomic E-state index is 13.8. The molecule has 2 atom stereocenters. The van der Waals surface area contributed by atoms with Crippen molar-refractivity contribution in [2.24, 2.45) is 5.73 Å². The number of nitrogens with two attached hydrogens (primary N) is 1. The highest BCUT2D eigenvalue weighted by Crippen LogP contribution is 2.20. The van der Waals surface area contributed by atoms with Crippen molar-refractivity contribution >= 4 is 34.7 Å². The van der Waals surface area contributed by atoms with Gasteiger partial charge in [0.15, 0.2) is 0 Å². The Kier molecular flexibility index (Phi) is 11.2. The first-order chi connectivity index (χ1) is 21.4. The van der Waals surface area contributed by atoms with E-state index < -0.39 is 35.6 Å². The van der Waals surface area contributed by atoms with E-state index in [4.69, 9.17) is 10.5 Å². The van der Waals surface area contributed by atoms with Gasteiger partial charge in [-0.1, -0.05) is 35.9 Å². The number of hydrogen-bond acceptors (Lipinski definition) is 6. The molecule has 1 fully saturated rings. The molecule has 0 unspecified atom stereocenters. The van der Waals surface area contributed by atoms with Crippen molar-refractivity contribution in [2.45, 2.75) is 71.1 Å². The molecule has 1 aromatic heterocycles. The summed E-state index contributed by atoms with van der Waals surface area (Å²) >= 11 is 0. The predicted octanol–water partition coefficient (Wildman–Crippen LogP) is 3.51. The number of nitrogens with one attached hydrogen (secondary N) is 3. The number of carbonyl (C=O) groups excluding carboxylic acids is 4. The zero-order valence-electron chi connectivity index (χ0n) is 26.7. The van der Waals surface area contributed by atoms with Gasteiger partial charge in [-0.15, -0.1) is 0 Å². The van der Waals surface area contributed by atoms with Gasteiger partial charge in [-0.25, -0.2) is 9.59 Å². The van der Waals surface area contributed by atoms with Gasteiger partial charge in [-0.3, -0.25) is 9.59 Å². The molecule has 2 aromatic carbocycles. The molecule has 4 amide bonds. The summed E-state index contributed by atoms with van der Waals surface area (Å²) in [5.41, 5.74) is 8.40. The average Bonchev–Trinajstić information content (AvgIpc) is 3.42. The van der Waals surface area contributed by atoms with Gasteiger partial charge < -0.3 is 35.9 Å². The Morgan fingerprint density at radius 2 is 1.58 bits per heavy atom. The van der Waals surface area contributed by atoms with Gasteiger partial charge in [0.2, 0.25) is 5.91 Å². The van der Waals surface area contributed by atoms with Crippen molar-refractivity contribution < 1.29 is 23.9 Å². The first kappa shape index (κ1) is 33.5. The van der Waals surface area contributed by atoms with E-state index in [1.807, 2.05) is 61.7 Å². The molecule has 45 heavy (non-hydrogen) atoms.